The number of nitrogens with zero attached hydrogens (tertiary/aromatic N) is 3. The monoisotopic (exact) mass is 246 g/mol. The van der Waals surface area contributed by atoms with E-state index < -0.39 is 0 Å². The minimum Gasteiger partial charge on any atom is -0.352 e. The Hall–Kier alpha value is -1.88. The number of hydrogen-bond donors (Lipinski definition) is 1. The zero-order chi connectivity index (χ0) is 13.0. The Balaban J connectivity index is 2.16. The lowest BCUT2D eigenvalue weighted by atomic mass is 10.3. The van der Waals surface area contributed by atoms with Crippen LogP contribution in [0.4, 0.5) is 11.5 Å². The minimum atomic E-state index is -0.210. The zero-order valence-electron chi connectivity index (χ0n) is 10.6. The molecule has 2 heterocycles. The zero-order valence-corrected chi connectivity index (χ0v) is 10.6. The van der Waals surface area contributed by atoms with Crippen molar-refractivity contribution in [2.45, 2.75) is 0 Å². The van der Waals surface area contributed by atoms with Crippen molar-refractivity contribution in [3.05, 3.63) is 31.0 Å². The molecule has 0 aliphatic carbocycles. The molecule has 0 saturated carbocycles. The highest BCUT2D eigenvalue weighted by atomic mass is 16.1. The lowest BCUT2D eigenvalue weighted by Gasteiger charge is -2.34. The number of pyridine rings is 1. The molecule has 5 nitrogen and oxygen atoms in total. The summed E-state index contributed by atoms with van der Waals surface area (Å²) < 4.78 is 0. The van der Waals surface area contributed by atoms with Crippen LogP contribution in [0, 0.1) is 0 Å². The molecule has 96 valence electrons. The number of carbonyl (C=O) groups excluding carboxylic acids is 1. The second-order valence-corrected chi connectivity index (χ2v) is 4.36. The number of nitrogens with one attached hydrogen (secondary N) is 1. The lowest BCUT2D eigenvalue weighted by Crippen LogP contribution is -2.45. The van der Waals surface area contributed by atoms with Gasteiger partial charge < -0.3 is 15.1 Å². The molecule has 2 rings (SSSR count). The van der Waals surface area contributed by atoms with E-state index in [2.05, 4.69) is 33.7 Å². The first-order valence-electron chi connectivity index (χ1n) is 6.02. The number of likely N-dealkylation sites (N-methyl/N-ethyl adjacent to an activating group) is 1. The standard InChI is InChI=1S/C13H18N4O/c1-3-12(18)15-11-5-4-6-14-13(11)17-9-7-16(2)8-10-17/h3-6H,1,7-10H2,2H3,(H,15,18). The van der Waals surface area contributed by atoms with Gasteiger partial charge in [-0.1, -0.05) is 6.58 Å². The summed E-state index contributed by atoms with van der Waals surface area (Å²) in [7, 11) is 2.11. The smallest absolute Gasteiger partial charge is 0.247 e. The number of anilines is 2. The normalized spacial score (nSPS) is 16.4. The van der Waals surface area contributed by atoms with E-state index in [1.807, 2.05) is 12.1 Å². The number of piperazine rings is 1. The van der Waals surface area contributed by atoms with Gasteiger partial charge in [0.05, 0.1) is 5.69 Å². The molecule has 1 amide bonds. The van der Waals surface area contributed by atoms with Crippen LogP contribution in [0.1, 0.15) is 0 Å². The van der Waals surface area contributed by atoms with Crippen molar-refractivity contribution < 1.29 is 4.79 Å². The van der Waals surface area contributed by atoms with Gasteiger partial charge in [-0.05, 0) is 25.3 Å². The van der Waals surface area contributed by atoms with Gasteiger partial charge in [0.25, 0.3) is 0 Å². The van der Waals surface area contributed by atoms with Crippen molar-refractivity contribution in [3.8, 4) is 0 Å². The van der Waals surface area contributed by atoms with Gasteiger partial charge in [-0.15, -0.1) is 0 Å². The van der Waals surface area contributed by atoms with Crippen molar-refractivity contribution in [1.82, 2.24) is 9.88 Å². The molecule has 1 aliphatic rings. The molecule has 1 N–H and O–H groups in total. The highest BCUT2D eigenvalue weighted by Gasteiger charge is 2.18. The van der Waals surface area contributed by atoms with Gasteiger partial charge in [-0.3, -0.25) is 4.79 Å². The number of aromatic nitrogens is 1. The van der Waals surface area contributed by atoms with Crippen molar-refractivity contribution in [1.29, 1.82) is 0 Å². The quantitative estimate of drug-likeness (QED) is 0.807. The average Bonchev–Trinajstić information content (AvgIpc) is 2.40. The van der Waals surface area contributed by atoms with E-state index in [1.54, 1.807) is 6.20 Å². The number of rotatable bonds is 3. The van der Waals surface area contributed by atoms with Crippen LogP contribution in [0.25, 0.3) is 0 Å². The first-order chi connectivity index (χ1) is 8.70. The summed E-state index contributed by atoms with van der Waals surface area (Å²) in [4.78, 5) is 20.2. The molecular formula is C13H18N4O. The highest BCUT2D eigenvalue weighted by molar-refractivity contribution is 6.00. The third kappa shape index (κ3) is 2.87. The number of carbonyl (C=O) groups is 1. The first kappa shape index (κ1) is 12.6. The van der Waals surface area contributed by atoms with Gasteiger partial charge in [-0.25, -0.2) is 4.98 Å². The molecule has 18 heavy (non-hydrogen) atoms. The van der Waals surface area contributed by atoms with Crippen LogP contribution in [0.3, 0.4) is 0 Å². The van der Waals surface area contributed by atoms with Gasteiger partial charge in [0.1, 0.15) is 0 Å². The molecule has 0 unspecified atom stereocenters. The maximum Gasteiger partial charge on any atom is 0.247 e. The largest absolute Gasteiger partial charge is 0.352 e. The minimum absolute atomic E-state index is 0.210. The summed E-state index contributed by atoms with van der Waals surface area (Å²) in [6.45, 7) is 7.31. The third-order valence-electron chi connectivity index (χ3n) is 3.03. The average molecular weight is 246 g/mol. The summed E-state index contributed by atoms with van der Waals surface area (Å²) in [5.41, 5.74) is 0.743. The van der Waals surface area contributed by atoms with Crippen LogP contribution >= 0.6 is 0 Å². The van der Waals surface area contributed by atoms with Gasteiger partial charge in [0, 0.05) is 32.4 Å². The van der Waals surface area contributed by atoms with Crippen LogP contribution in [0.2, 0.25) is 0 Å². The first-order valence-corrected chi connectivity index (χ1v) is 6.02. The van der Waals surface area contributed by atoms with E-state index >= 15 is 0 Å². The molecular weight excluding hydrogens is 228 g/mol. The van der Waals surface area contributed by atoms with E-state index in [1.165, 1.54) is 6.08 Å². The molecule has 5 heteroatoms. The Morgan fingerprint density at radius 2 is 2.17 bits per heavy atom. The molecule has 0 aromatic carbocycles. The molecule has 1 aromatic heterocycles. The number of hydrogen-bond acceptors (Lipinski definition) is 4. The summed E-state index contributed by atoms with van der Waals surface area (Å²) >= 11 is 0. The van der Waals surface area contributed by atoms with Gasteiger partial charge in [0.15, 0.2) is 5.82 Å². The Kier molecular flexibility index (Phi) is 3.94. The van der Waals surface area contributed by atoms with E-state index in [9.17, 15) is 4.79 Å². The fourth-order valence-electron chi connectivity index (χ4n) is 1.95. The van der Waals surface area contributed by atoms with E-state index in [-0.39, 0.29) is 5.91 Å². The van der Waals surface area contributed by atoms with Crippen molar-refractivity contribution in [2.24, 2.45) is 0 Å². The lowest BCUT2D eigenvalue weighted by molar-refractivity contribution is -0.111. The third-order valence-corrected chi connectivity index (χ3v) is 3.03. The number of amides is 1. The molecule has 0 spiro atoms. The van der Waals surface area contributed by atoms with Crippen LogP contribution < -0.4 is 10.2 Å². The van der Waals surface area contributed by atoms with Crippen LogP contribution in [-0.2, 0) is 4.79 Å². The predicted molar refractivity (Wildman–Crippen MR) is 72.8 cm³/mol. The second kappa shape index (κ2) is 5.64. The van der Waals surface area contributed by atoms with Crippen molar-refractivity contribution in [3.63, 3.8) is 0 Å². The van der Waals surface area contributed by atoms with Crippen LogP contribution in [-0.4, -0.2) is 49.0 Å². The van der Waals surface area contributed by atoms with E-state index in [4.69, 9.17) is 0 Å². The second-order valence-electron chi connectivity index (χ2n) is 4.36. The predicted octanol–water partition coefficient (Wildman–Crippen LogP) is 0.958. The summed E-state index contributed by atoms with van der Waals surface area (Å²) in [6.07, 6.45) is 3.01. The SMILES string of the molecule is C=CC(=O)Nc1cccnc1N1CCN(C)CC1. The summed E-state index contributed by atoms with van der Waals surface area (Å²) in [6, 6.07) is 3.68. The fourth-order valence-corrected chi connectivity index (χ4v) is 1.95. The molecule has 1 aromatic rings. The van der Waals surface area contributed by atoms with Gasteiger partial charge >= 0.3 is 0 Å². The summed E-state index contributed by atoms with van der Waals surface area (Å²) in [5.74, 6) is 0.624. The molecule has 1 aliphatic heterocycles. The Morgan fingerprint density at radius 1 is 1.44 bits per heavy atom. The maximum atomic E-state index is 11.4. The van der Waals surface area contributed by atoms with Crippen molar-refractivity contribution >= 4 is 17.4 Å². The molecule has 1 fully saturated rings. The molecule has 0 atom stereocenters. The topological polar surface area (TPSA) is 48.5 Å². The molecule has 0 bridgehead atoms. The Labute approximate surface area is 107 Å². The van der Waals surface area contributed by atoms with E-state index in [0.29, 0.717) is 0 Å². The molecule has 0 radical (unpaired) electrons. The Bertz CT molecular complexity index is 438. The maximum absolute atomic E-state index is 11.4. The van der Waals surface area contributed by atoms with Crippen LogP contribution in [0.15, 0.2) is 31.0 Å². The highest BCUT2D eigenvalue weighted by Crippen LogP contribution is 2.23. The van der Waals surface area contributed by atoms with Crippen LogP contribution in [0.5, 0.6) is 0 Å². The van der Waals surface area contributed by atoms with Gasteiger partial charge in [-0.2, -0.15) is 0 Å². The van der Waals surface area contributed by atoms with Gasteiger partial charge in [0.2, 0.25) is 5.91 Å². The van der Waals surface area contributed by atoms with Crippen molar-refractivity contribution in [2.75, 3.05) is 43.4 Å². The van der Waals surface area contributed by atoms with E-state index in [0.717, 1.165) is 37.7 Å². The molecule has 1 saturated heterocycles. The Morgan fingerprint density at radius 3 is 2.83 bits per heavy atom. The summed E-state index contributed by atoms with van der Waals surface area (Å²) in [5, 5.41) is 2.79. The fraction of sp³-hybridized carbons (Fsp3) is 0.385.